The van der Waals surface area contributed by atoms with Crippen molar-refractivity contribution in [1.29, 1.82) is 0 Å². The number of unbranched alkanes of at least 4 members (excludes halogenated alkanes) is 2. The normalized spacial score (nSPS) is 11.3. The minimum atomic E-state index is -0.103. The topological polar surface area (TPSA) is 26.3 Å². The lowest BCUT2D eigenvalue weighted by atomic mass is 9.83. The number of esters is 1. The molecule has 2 heteroatoms. The standard InChI is InChI=1S/C17H26O2/c1-17(2,14-16(18)19-3)13-9-5-8-12-15-10-6-4-7-11-15/h4,6-7,10-11H,5,8-9,12-14H2,1-3H3. The third-order valence-electron chi connectivity index (χ3n) is 3.51. The van der Waals surface area contributed by atoms with Gasteiger partial charge in [-0.3, -0.25) is 4.79 Å². The summed E-state index contributed by atoms with van der Waals surface area (Å²) in [7, 11) is 1.46. The van der Waals surface area contributed by atoms with Crippen molar-refractivity contribution in [3.05, 3.63) is 35.9 Å². The maximum absolute atomic E-state index is 11.3. The Bertz CT molecular complexity index is 368. The first-order valence-electron chi connectivity index (χ1n) is 7.14. The van der Waals surface area contributed by atoms with Gasteiger partial charge in [0, 0.05) is 0 Å². The van der Waals surface area contributed by atoms with Crippen molar-refractivity contribution in [1.82, 2.24) is 0 Å². The van der Waals surface area contributed by atoms with Gasteiger partial charge in [0.15, 0.2) is 0 Å². The van der Waals surface area contributed by atoms with Crippen molar-refractivity contribution in [2.75, 3.05) is 7.11 Å². The summed E-state index contributed by atoms with van der Waals surface area (Å²) in [6.07, 6.45) is 6.37. The summed E-state index contributed by atoms with van der Waals surface area (Å²) in [4.78, 5) is 11.3. The summed E-state index contributed by atoms with van der Waals surface area (Å²) in [5.74, 6) is -0.103. The van der Waals surface area contributed by atoms with E-state index in [1.54, 1.807) is 0 Å². The third-order valence-corrected chi connectivity index (χ3v) is 3.51. The Hall–Kier alpha value is -1.31. The molecule has 0 aromatic heterocycles. The molecule has 0 atom stereocenters. The van der Waals surface area contributed by atoms with Crippen molar-refractivity contribution in [3.63, 3.8) is 0 Å². The van der Waals surface area contributed by atoms with Crippen LogP contribution >= 0.6 is 0 Å². The molecule has 0 spiro atoms. The van der Waals surface area contributed by atoms with Crippen molar-refractivity contribution in [2.45, 2.75) is 52.4 Å². The summed E-state index contributed by atoms with van der Waals surface area (Å²) >= 11 is 0. The van der Waals surface area contributed by atoms with Crippen molar-refractivity contribution in [2.24, 2.45) is 5.41 Å². The van der Waals surface area contributed by atoms with Gasteiger partial charge in [0.1, 0.15) is 0 Å². The molecule has 0 amide bonds. The van der Waals surface area contributed by atoms with Gasteiger partial charge in [-0.2, -0.15) is 0 Å². The molecule has 0 heterocycles. The van der Waals surface area contributed by atoms with Crippen LogP contribution in [0.2, 0.25) is 0 Å². The van der Waals surface area contributed by atoms with Gasteiger partial charge >= 0.3 is 5.97 Å². The van der Waals surface area contributed by atoms with E-state index in [-0.39, 0.29) is 11.4 Å². The molecule has 0 aliphatic heterocycles. The maximum atomic E-state index is 11.3. The molecular formula is C17H26O2. The van der Waals surface area contributed by atoms with E-state index in [1.807, 2.05) is 0 Å². The van der Waals surface area contributed by atoms with E-state index in [0.29, 0.717) is 6.42 Å². The zero-order chi connectivity index (χ0) is 14.1. The van der Waals surface area contributed by atoms with Gasteiger partial charge in [-0.25, -0.2) is 0 Å². The Morgan fingerprint density at radius 2 is 1.79 bits per heavy atom. The lowest BCUT2D eigenvalue weighted by molar-refractivity contribution is -0.143. The van der Waals surface area contributed by atoms with Crippen LogP contribution in [0, 0.1) is 5.41 Å². The number of aryl methyl sites for hydroxylation is 1. The van der Waals surface area contributed by atoms with Crippen LogP contribution in [0.4, 0.5) is 0 Å². The third kappa shape index (κ3) is 7.00. The van der Waals surface area contributed by atoms with E-state index in [4.69, 9.17) is 4.74 Å². The summed E-state index contributed by atoms with van der Waals surface area (Å²) in [5.41, 5.74) is 1.47. The SMILES string of the molecule is COC(=O)CC(C)(C)CCCCCc1ccccc1. The fourth-order valence-electron chi connectivity index (χ4n) is 2.31. The van der Waals surface area contributed by atoms with Crippen LogP contribution in [0.15, 0.2) is 30.3 Å². The molecular weight excluding hydrogens is 236 g/mol. The van der Waals surface area contributed by atoms with Crippen molar-refractivity contribution < 1.29 is 9.53 Å². The number of carbonyl (C=O) groups is 1. The molecule has 19 heavy (non-hydrogen) atoms. The highest BCUT2D eigenvalue weighted by Crippen LogP contribution is 2.28. The van der Waals surface area contributed by atoms with Crippen LogP contribution in [-0.4, -0.2) is 13.1 Å². The summed E-state index contributed by atoms with van der Waals surface area (Å²) in [5, 5.41) is 0. The van der Waals surface area contributed by atoms with Crippen molar-refractivity contribution >= 4 is 5.97 Å². The van der Waals surface area contributed by atoms with Crippen LogP contribution in [0.5, 0.6) is 0 Å². The number of methoxy groups -OCH3 is 1. The molecule has 0 saturated carbocycles. The predicted octanol–water partition coefficient (Wildman–Crippen LogP) is 4.38. The summed E-state index contributed by atoms with van der Waals surface area (Å²) in [6, 6.07) is 10.6. The van der Waals surface area contributed by atoms with E-state index < -0.39 is 0 Å². The molecule has 0 saturated heterocycles. The molecule has 1 rings (SSSR count). The van der Waals surface area contributed by atoms with Gasteiger partial charge in [0.25, 0.3) is 0 Å². The summed E-state index contributed by atoms with van der Waals surface area (Å²) in [6.45, 7) is 4.28. The highest BCUT2D eigenvalue weighted by atomic mass is 16.5. The fourth-order valence-corrected chi connectivity index (χ4v) is 2.31. The fraction of sp³-hybridized carbons (Fsp3) is 0.588. The lowest BCUT2D eigenvalue weighted by Crippen LogP contribution is -2.18. The number of carbonyl (C=O) groups excluding carboxylic acids is 1. The molecule has 106 valence electrons. The van der Waals surface area contributed by atoms with Gasteiger partial charge in [-0.15, -0.1) is 0 Å². The minimum absolute atomic E-state index is 0.0554. The zero-order valence-corrected chi connectivity index (χ0v) is 12.4. The highest BCUT2D eigenvalue weighted by Gasteiger charge is 2.21. The molecule has 2 nitrogen and oxygen atoms in total. The van der Waals surface area contributed by atoms with Gasteiger partial charge in [0.2, 0.25) is 0 Å². The first kappa shape index (κ1) is 15.7. The molecule has 1 aromatic carbocycles. The molecule has 1 aromatic rings. The van der Waals surface area contributed by atoms with Crippen LogP contribution in [0.25, 0.3) is 0 Å². The Kier molecular flexibility index (Phi) is 6.61. The van der Waals surface area contributed by atoms with E-state index in [1.165, 1.54) is 31.9 Å². The Labute approximate surface area is 117 Å². The smallest absolute Gasteiger partial charge is 0.306 e. The van der Waals surface area contributed by atoms with E-state index in [0.717, 1.165) is 12.8 Å². The first-order chi connectivity index (χ1) is 9.03. The average Bonchev–Trinajstić information content (AvgIpc) is 2.38. The number of benzene rings is 1. The zero-order valence-electron chi connectivity index (χ0n) is 12.4. The Morgan fingerprint density at radius 1 is 1.11 bits per heavy atom. The van der Waals surface area contributed by atoms with Crippen LogP contribution in [0.1, 0.15) is 51.5 Å². The molecule has 0 radical (unpaired) electrons. The second kappa shape index (κ2) is 7.98. The van der Waals surface area contributed by atoms with Crippen LogP contribution in [0.3, 0.4) is 0 Å². The largest absolute Gasteiger partial charge is 0.469 e. The highest BCUT2D eigenvalue weighted by molar-refractivity contribution is 5.69. The monoisotopic (exact) mass is 262 g/mol. The number of hydrogen-bond donors (Lipinski definition) is 0. The lowest BCUT2D eigenvalue weighted by Gasteiger charge is -2.22. The molecule has 0 fully saturated rings. The number of ether oxygens (including phenoxy) is 1. The van der Waals surface area contributed by atoms with Gasteiger partial charge in [0.05, 0.1) is 13.5 Å². The van der Waals surface area contributed by atoms with E-state index in [9.17, 15) is 4.79 Å². The van der Waals surface area contributed by atoms with Crippen LogP contribution in [-0.2, 0) is 16.0 Å². The molecule has 0 bridgehead atoms. The van der Waals surface area contributed by atoms with Crippen LogP contribution < -0.4 is 0 Å². The predicted molar refractivity (Wildman–Crippen MR) is 79.0 cm³/mol. The Morgan fingerprint density at radius 3 is 2.42 bits per heavy atom. The van der Waals surface area contributed by atoms with E-state index >= 15 is 0 Å². The van der Waals surface area contributed by atoms with Gasteiger partial charge < -0.3 is 4.74 Å². The molecule has 0 aliphatic rings. The van der Waals surface area contributed by atoms with E-state index in [2.05, 4.69) is 44.2 Å². The molecule has 0 aliphatic carbocycles. The quantitative estimate of drug-likeness (QED) is 0.513. The summed E-state index contributed by atoms with van der Waals surface area (Å²) < 4.78 is 4.73. The van der Waals surface area contributed by atoms with Crippen molar-refractivity contribution in [3.8, 4) is 0 Å². The first-order valence-corrected chi connectivity index (χ1v) is 7.14. The second-order valence-electron chi connectivity index (χ2n) is 5.96. The second-order valence-corrected chi connectivity index (χ2v) is 5.96. The minimum Gasteiger partial charge on any atom is -0.469 e. The molecule has 0 N–H and O–H groups in total. The van der Waals surface area contributed by atoms with Gasteiger partial charge in [-0.05, 0) is 30.2 Å². The number of hydrogen-bond acceptors (Lipinski definition) is 2. The maximum Gasteiger partial charge on any atom is 0.306 e. The average molecular weight is 262 g/mol. The Balaban J connectivity index is 2.15. The molecule has 0 unspecified atom stereocenters. The van der Waals surface area contributed by atoms with Gasteiger partial charge in [-0.1, -0.05) is 57.0 Å². The number of rotatable bonds is 8.